The van der Waals surface area contributed by atoms with Crippen LogP contribution in [-0.2, 0) is 11.0 Å². The van der Waals surface area contributed by atoms with Gasteiger partial charge in [-0.1, -0.05) is 0 Å². The molecule has 2 heterocycles. The zero-order chi connectivity index (χ0) is 21.1. The third kappa shape index (κ3) is 5.23. The van der Waals surface area contributed by atoms with E-state index in [1.807, 2.05) is 0 Å². The van der Waals surface area contributed by atoms with Gasteiger partial charge < -0.3 is 20.1 Å². The van der Waals surface area contributed by atoms with Crippen LogP contribution in [0.15, 0.2) is 18.3 Å². The number of carbonyl (C=O) groups excluding carboxylic acids is 1. The van der Waals surface area contributed by atoms with Crippen LogP contribution in [0.2, 0.25) is 0 Å². The minimum atomic E-state index is -4.66. The molecule has 11 heteroatoms. The predicted octanol–water partition coefficient (Wildman–Crippen LogP) is 2.71. The summed E-state index contributed by atoms with van der Waals surface area (Å²) < 4.78 is 58.2. The Morgan fingerprint density at radius 2 is 2.07 bits per heavy atom. The largest absolute Gasteiger partial charge is 0.476 e. The highest BCUT2D eigenvalue weighted by Crippen LogP contribution is 2.35. The Morgan fingerprint density at radius 1 is 1.39 bits per heavy atom. The summed E-state index contributed by atoms with van der Waals surface area (Å²) in [6.45, 7) is 2.18. The summed E-state index contributed by atoms with van der Waals surface area (Å²) in [5.74, 6) is -1.26. The number of ether oxygens (including phenoxy) is 1. The van der Waals surface area contributed by atoms with Crippen molar-refractivity contribution in [1.82, 2.24) is 15.2 Å². The number of amides is 2. The van der Waals surface area contributed by atoms with Crippen molar-refractivity contribution < 1.29 is 37.0 Å². The monoisotopic (exact) mass is 407 g/mol. The number of piperidine rings is 1. The van der Waals surface area contributed by atoms with Gasteiger partial charge in [-0.05, 0) is 32.4 Å². The highest BCUT2D eigenvalue weighted by atomic mass is 19.4. The lowest BCUT2D eigenvalue weighted by atomic mass is 9.92. The molecule has 1 aliphatic heterocycles. The van der Waals surface area contributed by atoms with Gasteiger partial charge in [0.05, 0.1) is 18.0 Å². The summed E-state index contributed by atoms with van der Waals surface area (Å²) in [4.78, 5) is 27.8. The van der Waals surface area contributed by atoms with Crippen LogP contribution >= 0.6 is 0 Å². The number of pyridine rings is 1. The molecule has 0 aliphatic carbocycles. The maximum Gasteiger partial charge on any atom is 0.421 e. The third-order valence-corrected chi connectivity index (χ3v) is 4.39. The number of nitrogens with zero attached hydrogens (tertiary/aromatic N) is 2. The average Bonchev–Trinajstić information content (AvgIpc) is 2.61. The van der Waals surface area contributed by atoms with Gasteiger partial charge in [0.25, 0.3) is 0 Å². The van der Waals surface area contributed by atoms with Crippen molar-refractivity contribution in [3.05, 3.63) is 23.9 Å². The van der Waals surface area contributed by atoms with Crippen LogP contribution in [0, 0.1) is 5.41 Å². The Bertz CT molecular complexity index is 727. The molecule has 1 aromatic rings. The normalized spacial score (nSPS) is 20.6. The Hall–Kier alpha value is -2.59. The van der Waals surface area contributed by atoms with Crippen LogP contribution in [-0.4, -0.2) is 58.9 Å². The van der Waals surface area contributed by atoms with Crippen LogP contribution in [0.3, 0.4) is 0 Å². The Balaban J connectivity index is 1.98. The van der Waals surface area contributed by atoms with E-state index in [2.05, 4.69) is 10.3 Å². The van der Waals surface area contributed by atoms with Gasteiger partial charge in [-0.15, -0.1) is 0 Å². The molecule has 1 saturated heterocycles. The van der Waals surface area contributed by atoms with Gasteiger partial charge >= 0.3 is 12.3 Å². The lowest BCUT2D eigenvalue weighted by Crippen LogP contribution is -2.56. The Morgan fingerprint density at radius 3 is 2.64 bits per heavy atom. The van der Waals surface area contributed by atoms with Crippen molar-refractivity contribution in [3.63, 3.8) is 0 Å². The van der Waals surface area contributed by atoms with Crippen LogP contribution < -0.4 is 10.1 Å². The molecular formula is C17H21F4N3O4. The zero-order valence-corrected chi connectivity index (χ0v) is 15.3. The highest BCUT2D eigenvalue weighted by molar-refractivity contribution is 5.82. The quantitative estimate of drug-likeness (QED) is 0.733. The van der Waals surface area contributed by atoms with E-state index in [1.54, 1.807) is 0 Å². The number of alkyl halides is 4. The minimum Gasteiger partial charge on any atom is -0.476 e. The van der Waals surface area contributed by atoms with Gasteiger partial charge in [0.15, 0.2) is 0 Å². The Kier molecular flexibility index (Phi) is 6.35. The first kappa shape index (κ1) is 21.7. The van der Waals surface area contributed by atoms with Crippen molar-refractivity contribution in [2.75, 3.05) is 19.7 Å². The second-order valence-corrected chi connectivity index (χ2v) is 7.14. The van der Waals surface area contributed by atoms with Crippen molar-refractivity contribution in [2.45, 2.75) is 38.7 Å². The lowest BCUT2D eigenvalue weighted by molar-refractivity contribution is -0.139. The first-order chi connectivity index (χ1) is 12.9. The van der Waals surface area contributed by atoms with E-state index in [0.717, 1.165) is 23.2 Å². The molecule has 0 aromatic carbocycles. The molecule has 2 N–H and O–H groups in total. The van der Waals surface area contributed by atoms with E-state index in [9.17, 15) is 27.2 Å². The predicted molar refractivity (Wildman–Crippen MR) is 89.6 cm³/mol. The standard InChI is InChI=1S/C17H21F4N3O4/c1-16(2,9-28-13-10(17(19,20)21)4-3-6-22-13)14(25)23-12-5-7-24(15(26)27)8-11(12)18/h3-4,6,11-12H,5,7-9H2,1-2H3,(H,23,25)(H,26,27)/t11-,12-/m0/s1. The molecule has 7 nitrogen and oxygen atoms in total. The molecule has 2 atom stereocenters. The summed E-state index contributed by atoms with van der Waals surface area (Å²) in [5.41, 5.74) is -2.33. The van der Waals surface area contributed by atoms with Crippen molar-refractivity contribution in [2.24, 2.45) is 5.41 Å². The number of aromatic nitrogens is 1. The molecule has 0 unspecified atom stereocenters. The summed E-state index contributed by atoms with van der Waals surface area (Å²) >= 11 is 0. The second kappa shape index (κ2) is 8.19. The van der Waals surface area contributed by atoms with Crippen LogP contribution in [0.4, 0.5) is 22.4 Å². The average molecular weight is 407 g/mol. The molecule has 1 aromatic heterocycles. The fraction of sp³-hybridized carbons (Fsp3) is 0.588. The van der Waals surface area contributed by atoms with Gasteiger partial charge in [0.2, 0.25) is 11.8 Å². The molecule has 2 amide bonds. The number of hydrogen-bond acceptors (Lipinski definition) is 4. The van der Waals surface area contributed by atoms with Crippen LogP contribution in [0.25, 0.3) is 0 Å². The number of carboxylic acid groups (broad SMARTS) is 1. The maximum absolute atomic E-state index is 14.2. The number of carbonyl (C=O) groups is 2. The van der Waals surface area contributed by atoms with Gasteiger partial charge in [-0.25, -0.2) is 14.2 Å². The molecule has 2 rings (SSSR count). The van der Waals surface area contributed by atoms with Crippen LogP contribution in [0.5, 0.6) is 5.88 Å². The van der Waals surface area contributed by atoms with E-state index in [1.165, 1.54) is 13.8 Å². The van der Waals surface area contributed by atoms with Crippen molar-refractivity contribution in [1.29, 1.82) is 0 Å². The number of rotatable bonds is 5. The number of halogens is 4. The SMILES string of the molecule is CC(C)(COc1ncccc1C(F)(F)F)C(=O)N[C@H]1CCN(C(=O)O)C[C@@H]1F. The smallest absolute Gasteiger partial charge is 0.421 e. The van der Waals surface area contributed by atoms with E-state index >= 15 is 0 Å². The summed E-state index contributed by atoms with van der Waals surface area (Å²) in [6, 6.07) is 1.06. The topological polar surface area (TPSA) is 91.8 Å². The minimum absolute atomic E-state index is 0.0699. The summed E-state index contributed by atoms with van der Waals surface area (Å²) in [5, 5.41) is 11.4. The first-order valence-electron chi connectivity index (χ1n) is 8.50. The maximum atomic E-state index is 14.2. The molecule has 1 fully saturated rings. The third-order valence-electron chi connectivity index (χ3n) is 4.39. The molecule has 0 radical (unpaired) electrons. The number of nitrogens with one attached hydrogen (secondary N) is 1. The number of hydrogen-bond donors (Lipinski definition) is 2. The van der Waals surface area contributed by atoms with E-state index in [-0.39, 0.29) is 19.5 Å². The fourth-order valence-electron chi connectivity index (χ4n) is 2.64. The van der Waals surface area contributed by atoms with E-state index in [4.69, 9.17) is 9.84 Å². The second-order valence-electron chi connectivity index (χ2n) is 7.14. The van der Waals surface area contributed by atoms with Crippen LogP contribution in [0.1, 0.15) is 25.8 Å². The first-order valence-corrected chi connectivity index (χ1v) is 8.50. The molecular weight excluding hydrogens is 386 g/mol. The molecule has 28 heavy (non-hydrogen) atoms. The molecule has 0 spiro atoms. The summed E-state index contributed by atoms with van der Waals surface area (Å²) in [7, 11) is 0. The molecule has 1 aliphatic rings. The van der Waals surface area contributed by atoms with Gasteiger partial charge in [0.1, 0.15) is 18.3 Å². The zero-order valence-electron chi connectivity index (χ0n) is 15.3. The summed E-state index contributed by atoms with van der Waals surface area (Å²) in [6.07, 6.45) is -6.25. The number of likely N-dealkylation sites (tertiary alicyclic amines) is 1. The van der Waals surface area contributed by atoms with Gasteiger partial charge in [-0.3, -0.25) is 4.79 Å². The molecule has 0 bridgehead atoms. The molecule has 156 valence electrons. The van der Waals surface area contributed by atoms with Gasteiger partial charge in [-0.2, -0.15) is 13.2 Å². The van der Waals surface area contributed by atoms with Gasteiger partial charge in [0, 0.05) is 12.7 Å². The highest BCUT2D eigenvalue weighted by Gasteiger charge is 2.38. The van der Waals surface area contributed by atoms with E-state index in [0.29, 0.717) is 0 Å². The Labute approximate surface area is 158 Å². The fourth-order valence-corrected chi connectivity index (χ4v) is 2.64. The van der Waals surface area contributed by atoms with Crippen molar-refractivity contribution >= 4 is 12.0 Å². The molecule has 0 saturated carbocycles. The van der Waals surface area contributed by atoms with Crippen molar-refractivity contribution in [3.8, 4) is 5.88 Å². The lowest BCUT2D eigenvalue weighted by Gasteiger charge is -2.35. The van der Waals surface area contributed by atoms with E-state index < -0.39 is 53.9 Å².